The third kappa shape index (κ3) is 3.12. The number of aromatic hydroxyl groups is 1. The minimum atomic E-state index is -0.0402. The van der Waals surface area contributed by atoms with Gasteiger partial charge in [0.25, 0.3) is 0 Å². The van der Waals surface area contributed by atoms with E-state index in [9.17, 15) is 15.6 Å². The van der Waals surface area contributed by atoms with E-state index < -0.39 is 0 Å². The van der Waals surface area contributed by atoms with Crippen LogP contribution in [0.15, 0.2) is 35.9 Å². The topological polar surface area (TPSA) is 116 Å². The predicted octanol–water partition coefficient (Wildman–Crippen LogP) is 3.07. The standard InChI is InChI=1S/C17H14N4O2S/c1-3-6-24-17-12(9-19)15(11(8-18)16(20)21-17)10-4-5-13(22)14(7-10)23-2/h3-5,7,22H,1,6H2,2H3,(H2,20,21). The molecule has 0 amide bonds. The van der Waals surface area contributed by atoms with Gasteiger partial charge < -0.3 is 15.6 Å². The Morgan fingerprint density at radius 2 is 2.08 bits per heavy atom. The highest BCUT2D eigenvalue weighted by atomic mass is 32.2. The van der Waals surface area contributed by atoms with Crippen LogP contribution in [0.2, 0.25) is 0 Å². The number of hydrogen-bond donors (Lipinski definition) is 2. The zero-order valence-electron chi connectivity index (χ0n) is 12.9. The molecule has 0 unspecified atom stereocenters. The van der Waals surface area contributed by atoms with Crippen molar-refractivity contribution in [2.75, 3.05) is 18.6 Å². The summed E-state index contributed by atoms with van der Waals surface area (Å²) in [6.07, 6.45) is 1.69. The summed E-state index contributed by atoms with van der Waals surface area (Å²) in [5.74, 6) is 0.786. The first kappa shape index (κ1) is 17.2. The molecular weight excluding hydrogens is 324 g/mol. The number of nitrogen functional groups attached to an aromatic ring is 1. The van der Waals surface area contributed by atoms with E-state index in [1.807, 2.05) is 6.07 Å². The second-order valence-electron chi connectivity index (χ2n) is 4.64. The van der Waals surface area contributed by atoms with E-state index in [4.69, 9.17) is 10.5 Å². The Balaban J connectivity index is 2.80. The molecule has 24 heavy (non-hydrogen) atoms. The van der Waals surface area contributed by atoms with Crippen molar-refractivity contribution in [1.29, 1.82) is 10.5 Å². The van der Waals surface area contributed by atoms with Gasteiger partial charge in [-0.05, 0) is 17.7 Å². The number of nitrogens with two attached hydrogens (primary N) is 1. The van der Waals surface area contributed by atoms with Gasteiger partial charge in [0.05, 0.1) is 12.7 Å². The molecule has 0 saturated heterocycles. The Bertz CT molecular complexity index is 882. The van der Waals surface area contributed by atoms with Crippen LogP contribution in [-0.4, -0.2) is 23.0 Å². The zero-order valence-corrected chi connectivity index (χ0v) is 13.7. The number of rotatable bonds is 5. The summed E-state index contributed by atoms with van der Waals surface area (Å²) < 4.78 is 5.10. The predicted molar refractivity (Wildman–Crippen MR) is 92.7 cm³/mol. The number of benzene rings is 1. The van der Waals surface area contributed by atoms with Crippen molar-refractivity contribution >= 4 is 17.6 Å². The van der Waals surface area contributed by atoms with Crippen molar-refractivity contribution in [3.05, 3.63) is 42.0 Å². The molecule has 6 nitrogen and oxygen atoms in total. The van der Waals surface area contributed by atoms with Gasteiger partial charge in [0, 0.05) is 11.3 Å². The Labute approximate surface area is 143 Å². The van der Waals surface area contributed by atoms with Crippen molar-refractivity contribution in [3.8, 4) is 34.8 Å². The maximum absolute atomic E-state index is 9.75. The number of phenolic OH excluding ortho intramolecular Hbond substituents is 1. The van der Waals surface area contributed by atoms with Gasteiger partial charge in [-0.1, -0.05) is 12.1 Å². The monoisotopic (exact) mass is 338 g/mol. The first-order valence-electron chi connectivity index (χ1n) is 6.82. The van der Waals surface area contributed by atoms with Crippen molar-refractivity contribution in [3.63, 3.8) is 0 Å². The van der Waals surface area contributed by atoms with Gasteiger partial charge in [0.1, 0.15) is 28.5 Å². The lowest BCUT2D eigenvalue weighted by molar-refractivity contribution is 0.373. The Morgan fingerprint density at radius 1 is 1.38 bits per heavy atom. The molecule has 0 fully saturated rings. The number of nitriles is 2. The molecule has 1 aromatic heterocycles. The van der Waals surface area contributed by atoms with E-state index in [1.54, 1.807) is 18.2 Å². The number of pyridine rings is 1. The maximum Gasteiger partial charge on any atom is 0.161 e. The number of nitrogens with zero attached hydrogens (tertiary/aromatic N) is 3. The first-order valence-corrected chi connectivity index (χ1v) is 7.80. The molecule has 2 rings (SSSR count). The zero-order chi connectivity index (χ0) is 17.7. The summed E-state index contributed by atoms with van der Waals surface area (Å²) in [7, 11) is 1.42. The van der Waals surface area contributed by atoms with E-state index in [-0.39, 0.29) is 28.4 Å². The van der Waals surface area contributed by atoms with Crippen LogP contribution in [-0.2, 0) is 0 Å². The van der Waals surface area contributed by atoms with Crippen molar-refractivity contribution < 1.29 is 9.84 Å². The average Bonchev–Trinajstić information content (AvgIpc) is 2.59. The number of methoxy groups -OCH3 is 1. The summed E-state index contributed by atoms with van der Waals surface area (Å²) in [6.45, 7) is 3.64. The SMILES string of the molecule is C=CCSc1nc(N)c(C#N)c(-c2ccc(O)c(OC)c2)c1C#N. The summed E-state index contributed by atoms with van der Waals surface area (Å²) in [5, 5.41) is 29.2. The van der Waals surface area contributed by atoms with Crippen LogP contribution in [0.5, 0.6) is 11.5 Å². The first-order chi connectivity index (χ1) is 11.6. The molecular formula is C17H14N4O2S. The fraction of sp³-hybridized carbons (Fsp3) is 0.118. The molecule has 1 heterocycles. The van der Waals surface area contributed by atoms with Crippen LogP contribution >= 0.6 is 11.8 Å². The number of hydrogen-bond acceptors (Lipinski definition) is 7. The van der Waals surface area contributed by atoms with E-state index in [0.717, 1.165) is 0 Å². The van der Waals surface area contributed by atoms with E-state index in [1.165, 1.54) is 24.9 Å². The Kier molecular flexibility index (Phi) is 5.31. The maximum atomic E-state index is 9.75. The largest absolute Gasteiger partial charge is 0.504 e. The van der Waals surface area contributed by atoms with Crippen LogP contribution in [0.1, 0.15) is 11.1 Å². The van der Waals surface area contributed by atoms with Gasteiger partial charge >= 0.3 is 0 Å². The summed E-state index contributed by atoms with van der Waals surface area (Å²) >= 11 is 1.31. The fourth-order valence-electron chi connectivity index (χ4n) is 2.16. The quantitative estimate of drug-likeness (QED) is 0.635. The van der Waals surface area contributed by atoms with E-state index in [2.05, 4.69) is 17.6 Å². The van der Waals surface area contributed by atoms with Gasteiger partial charge in [-0.3, -0.25) is 0 Å². The van der Waals surface area contributed by atoms with Crippen molar-refractivity contribution in [2.45, 2.75) is 5.03 Å². The third-order valence-corrected chi connectivity index (χ3v) is 4.19. The molecule has 0 bridgehead atoms. The molecule has 0 spiro atoms. The van der Waals surface area contributed by atoms with E-state index in [0.29, 0.717) is 21.9 Å². The van der Waals surface area contributed by atoms with Crippen LogP contribution in [0, 0.1) is 22.7 Å². The second kappa shape index (κ2) is 7.40. The molecule has 0 aliphatic rings. The van der Waals surface area contributed by atoms with Gasteiger partial charge in [0.15, 0.2) is 11.5 Å². The Hall–Kier alpha value is -3.16. The minimum absolute atomic E-state index is 0.0402. The molecule has 3 N–H and O–H groups in total. The number of ether oxygens (including phenoxy) is 1. The number of aromatic nitrogens is 1. The van der Waals surface area contributed by atoms with Gasteiger partial charge in [0.2, 0.25) is 0 Å². The van der Waals surface area contributed by atoms with Crippen LogP contribution in [0.4, 0.5) is 5.82 Å². The molecule has 120 valence electrons. The molecule has 1 aromatic carbocycles. The molecule has 0 aliphatic heterocycles. The lowest BCUT2D eigenvalue weighted by Crippen LogP contribution is -2.03. The van der Waals surface area contributed by atoms with E-state index >= 15 is 0 Å². The summed E-state index contributed by atoms with van der Waals surface area (Å²) in [6, 6.07) is 8.68. The average molecular weight is 338 g/mol. The van der Waals surface area contributed by atoms with Gasteiger partial charge in [-0.25, -0.2) is 4.98 Å². The molecule has 2 aromatic rings. The Morgan fingerprint density at radius 3 is 2.67 bits per heavy atom. The lowest BCUT2D eigenvalue weighted by Gasteiger charge is -2.13. The highest BCUT2D eigenvalue weighted by molar-refractivity contribution is 7.99. The van der Waals surface area contributed by atoms with Crippen LogP contribution < -0.4 is 10.5 Å². The molecule has 0 atom stereocenters. The van der Waals surface area contributed by atoms with Crippen LogP contribution in [0.25, 0.3) is 11.1 Å². The summed E-state index contributed by atoms with van der Waals surface area (Å²) in [5.41, 5.74) is 7.17. The number of thioether (sulfide) groups is 1. The second-order valence-corrected chi connectivity index (χ2v) is 5.65. The molecule has 0 radical (unpaired) electrons. The number of phenols is 1. The van der Waals surface area contributed by atoms with Crippen molar-refractivity contribution in [1.82, 2.24) is 4.98 Å². The number of anilines is 1. The van der Waals surface area contributed by atoms with Gasteiger partial charge in [-0.2, -0.15) is 10.5 Å². The minimum Gasteiger partial charge on any atom is -0.504 e. The van der Waals surface area contributed by atoms with Crippen LogP contribution in [0.3, 0.4) is 0 Å². The molecule has 7 heteroatoms. The van der Waals surface area contributed by atoms with Gasteiger partial charge in [-0.15, -0.1) is 18.3 Å². The highest BCUT2D eigenvalue weighted by Gasteiger charge is 2.21. The molecule has 0 aliphatic carbocycles. The van der Waals surface area contributed by atoms with Crippen molar-refractivity contribution in [2.24, 2.45) is 0 Å². The fourth-order valence-corrected chi connectivity index (χ4v) is 2.89. The normalized spacial score (nSPS) is 9.79. The highest BCUT2D eigenvalue weighted by Crippen LogP contribution is 2.38. The third-order valence-electron chi connectivity index (χ3n) is 3.22. The lowest BCUT2D eigenvalue weighted by atomic mass is 9.96. The smallest absolute Gasteiger partial charge is 0.161 e. The molecule has 0 saturated carbocycles. The summed E-state index contributed by atoms with van der Waals surface area (Å²) in [4.78, 5) is 4.17.